The Morgan fingerprint density at radius 2 is 1.70 bits per heavy atom. The average molecular weight is 279 g/mol. The van der Waals surface area contributed by atoms with Crippen molar-refractivity contribution < 1.29 is 14.7 Å². The van der Waals surface area contributed by atoms with Crippen molar-refractivity contribution >= 4 is 11.8 Å². The Kier molecular flexibility index (Phi) is 9.30. The van der Waals surface area contributed by atoms with Gasteiger partial charge in [-0.2, -0.15) is 0 Å². The van der Waals surface area contributed by atoms with Crippen molar-refractivity contribution in [3.05, 3.63) is 35.4 Å². The van der Waals surface area contributed by atoms with Gasteiger partial charge in [-0.05, 0) is 25.8 Å². The van der Waals surface area contributed by atoms with Gasteiger partial charge < -0.3 is 10.8 Å². The van der Waals surface area contributed by atoms with Crippen LogP contribution >= 0.6 is 0 Å². The Balaban J connectivity index is 0.000000621. The first-order chi connectivity index (χ1) is 9.43. The number of carboxylic acid groups (broad SMARTS) is 1. The van der Waals surface area contributed by atoms with Crippen LogP contribution in [0.5, 0.6) is 0 Å². The minimum absolute atomic E-state index is 0.0881. The van der Waals surface area contributed by atoms with E-state index in [-0.39, 0.29) is 11.3 Å². The molecule has 20 heavy (non-hydrogen) atoms. The van der Waals surface area contributed by atoms with Gasteiger partial charge in [0.25, 0.3) is 0 Å². The summed E-state index contributed by atoms with van der Waals surface area (Å²) >= 11 is 0. The summed E-state index contributed by atoms with van der Waals surface area (Å²) in [6.07, 6.45) is 3.23. The van der Waals surface area contributed by atoms with E-state index in [0.717, 1.165) is 19.3 Å². The summed E-state index contributed by atoms with van der Waals surface area (Å²) in [6.45, 7) is 6.07. The zero-order chi connectivity index (χ0) is 15.5. The third kappa shape index (κ3) is 7.04. The number of carboxylic acids is 1. The monoisotopic (exact) mass is 279 g/mol. The largest absolute Gasteiger partial charge is 0.478 e. The smallest absolute Gasteiger partial charge is 0.336 e. The number of ketones is 1. The van der Waals surface area contributed by atoms with Crippen LogP contribution in [0.1, 0.15) is 67.2 Å². The molecule has 112 valence electrons. The molecule has 0 spiro atoms. The predicted octanol–water partition coefficient (Wildman–Crippen LogP) is 3.50. The summed E-state index contributed by atoms with van der Waals surface area (Å²) in [6, 6.07) is 6.73. The lowest BCUT2D eigenvalue weighted by Gasteiger charge is -2.03. The van der Waals surface area contributed by atoms with E-state index >= 15 is 0 Å². The highest BCUT2D eigenvalue weighted by atomic mass is 16.4. The second kappa shape index (κ2) is 10.1. The summed E-state index contributed by atoms with van der Waals surface area (Å²) in [5, 5.41) is 8.89. The standard InChI is InChI=1S/C12H14O3.C4H11N/c1-2-3-8-11(13)9-6-4-5-7-10(9)12(14)15;1-3-4(2)5/h4-7H,2-3,8H2,1H3,(H,14,15);4H,3,5H2,1-2H3. The number of rotatable bonds is 6. The Hall–Kier alpha value is -1.68. The molecule has 3 N–H and O–H groups in total. The normalized spacial score (nSPS) is 11.2. The molecule has 0 saturated heterocycles. The number of aromatic carboxylic acids is 1. The lowest BCUT2D eigenvalue weighted by atomic mass is 10.0. The third-order valence-electron chi connectivity index (χ3n) is 2.86. The van der Waals surface area contributed by atoms with Gasteiger partial charge in [-0.15, -0.1) is 0 Å². The number of carbonyl (C=O) groups excluding carboxylic acids is 1. The van der Waals surface area contributed by atoms with Gasteiger partial charge in [0, 0.05) is 18.0 Å². The molecule has 0 aliphatic rings. The van der Waals surface area contributed by atoms with Crippen LogP contribution in [-0.4, -0.2) is 22.9 Å². The van der Waals surface area contributed by atoms with Crippen LogP contribution in [-0.2, 0) is 0 Å². The molecule has 0 amide bonds. The van der Waals surface area contributed by atoms with E-state index in [9.17, 15) is 9.59 Å². The minimum atomic E-state index is -1.05. The molecule has 1 aromatic rings. The fourth-order valence-electron chi connectivity index (χ4n) is 1.38. The third-order valence-corrected chi connectivity index (χ3v) is 2.86. The lowest BCUT2D eigenvalue weighted by Crippen LogP contribution is -2.11. The van der Waals surface area contributed by atoms with Gasteiger partial charge in [0.2, 0.25) is 0 Å². The van der Waals surface area contributed by atoms with Crippen LogP contribution in [0.3, 0.4) is 0 Å². The Labute approximate surface area is 121 Å². The van der Waals surface area contributed by atoms with E-state index in [1.165, 1.54) is 6.07 Å². The van der Waals surface area contributed by atoms with Gasteiger partial charge >= 0.3 is 5.97 Å². The fourth-order valence-corrected chi connectivity index (χ4v) is 1.38. The molecule has 0 aliphatic heterocycles. The molecule has 0 heterocycles. The van der Waals surface area contributed by atoms with E-state index in [0.29, 0.717) is 18.0 Å². The topological polar surface area (TPSA) is 80.4 Å². The second-order valence-electron chi connectivity index (χ2n) is 4.76. The molecule has 1 aromatic carbocycles. The SMILES string of the molecule is CCC(C)N.CCCCC(=O)c1ccccc1C(=O)O. The fraction of sp³-hybridized carbons (Fsp3) is 0.500. The summed E-state index contributed by atoms with van der Waals surface area (Å²) in [7, 11) is 0. The van der Waals surface area contributed by atoms with E-state index in [2.05, 4.69) is 6.92 Å². The maximum absolute atomic E-state index is 11.7. The zero-order valence-electron chi connectivity index (χ0n) is 12.6. The van der Waals surface area contributed by atoms with Gasteiger partial charge in [0.05, 0.1) is 5.56 Å². The van der Waals surface area contributed by atoms with Crippen LogP contribution in [0.4, 0.5) is 0 Å². The van der Waals surface area contributed by atoms with Gasteiger partial charge in [-0.25, -0.2) is 4.79 Å². The van der Waals surface area contributed by atoms with Crippen LogP contribution in [0.2, 0.25) is 0 Å². The van der Waals surface area contributed by atoms with Gasteiger partial charge in [-0.1, -0.05) is 38.5 Å². The molecular formula is C16H25NO3. The highest BCUT2D eigenvalue weighted by molar-refractivity contribution is 6.05. The van der Waals surface area contributed by atoms with Crippen molar-refractivity contribution in [1.29, 1.82) is 0 Å². The van der Waals surface area contributed by atoms with E-state index < -0.39 is 5.97 Å². The van der Waals surface area contributed by atoms with Crippen molar-refractivity contribution in [3.8, 4) is 0 Å². The number of unbranched alkanes of at least 4 members (excludes halogenated alkanes) is 1. The van der Waals surface area contributed by atoms with E-state index in [4.69, 9.17) is 10.8 Å². The summed E-state index contributed by atoms with van der Waals surface area (Å²) in [4.78, 5) is 22.5. The van der Waals surface area contributed by atoms with Crippen molar-refractivity contribution in [2.75, 3.05) is 0 Å². The highest BCUT2D eigenvalue weighted by Gasteiger charge is 2.14. The number of carbonyl (C=O) groups is 2. The minimum Gasteiger partial charge on any atom is -0.478 e. The molecule has 4 nitrogen and oxygen atoms in total. The van der Waals surface area contributed by atoms with Crippen molar-refractivity contribution in [2.24, 2.45) is 5.73 Å². The number of nitrogens with two attached hydrogens (primary N) is 1. The Bertz CT molecular complexity index is 427. The first kappa shape index (κ1) is 18.3. The maximum Gasteiger partial charge on any atom is 0.336 e. The van der Waals surface area contributed by atoms with Crippen LogP contribution < -0.4 is 5.73 Å². The summed E-state index contributed by atoms with van der Waals surface area (Å²) in [5.74, 6) is -1.13. The predicted molar refractivity (Wildman–Crippen MR) is 81.2 cm³/mol. The Morgan fingerprint density at radius 1 is 1.20 bits per heavy atom. The van der Waals surface area contributed by atoms with Gasteiger partial charge in [0.1, 0.15) is 0 Å². The number of hydrogen-bond acceptors (Lipinski definition) is 3. The van der Waals surface area contributed by atoms with Crippen LogP contribution in [0.15, 0.2) is 24.3 Å². The molecule has 0 fully saturated rings. The molecule has 0 aliphatic carbocycles. The first-order valence-corrected chi connectivity index (χ1v) is 7.05. The molecule has 1 unspecified atom stereocenters. The second-order valence-corrected chi connectivity index (χ2v) is 4.76. The molecule has 4 heteroatoms. The molecular weight excluding hydrogens is 254 g/mol. The van der Waals surface area contributed by atoms with Crippen LogP contribution in [0, 0.1) is 0 Å². The number of Topliss-reactive ketones (excluding diaryl/α,β-unsaturated/α-hetero) is 1. The maximum atomic E-state index is 11.7. The average Bonchev–Trinajstić information content (AvgIpc) is 2.45. The molecule has 0 saturated carbocycles. The number of benzene rings is 1. The van der Waals surface area contributed by atoms with Crippen molar-refractivity contribution in [1.82, 2.24) is 0 Å². The zero-order valence-corrected chi connectivity index (χ0v) is 12.6. The molecule has 0 bridgehead atoms. The van der Waals surface area contributed by atoms with E-state index in [1.54, 1.807) is 18.2 Å². The highest BCUT2D eigenvalue weighted by Crippen LogP contribution is 2.12. The molecule has 1 atom stereocenters. The number of hydrogen-bond donors (Lipinski definition) is 2. The van der Waals surface area contributed by atoms with E-state index in [1.807, 2.05) is 13.8 Å². The van der Waals surface area contributed by atoms with Crippen molar-refractivity contribution in [2.45, 2.75) is 52.5 Å². The van der Waals surface area contributed by atoms with Crippen LogP contribution in [0.25, 0.3) is 0 Å². The lowest BCUT2D eigenvalue weighted by molar-refractivity contribution is 0.0691. The quantitative estimate of drug-likeness (QED) is 0.781. The van der Waals surface area contributed by atoms with Gasteiger partial charge in [-0.3, -0.25) is 4.79 Å². The molecule has 1 rings (SSSR count). The summed E-state index contributed by atoms with van der Waals surface area (Å²) in [5.41, 5.74) is 5.71. The Morgan fingerprint density at radius 3 is 2.10 bits per heavy atom. The summed E-state index contributed by atoms with van der Waals surface area (Å²) < 4.78 is 0. The first-order valence-electron chi connectivity index (χ1n) is 7.05. The van der Waals surface area contributed by atoms with Crippen molar-refractivity contribution in [3.63, 3.8) is 0 Å². The molecule has 0 aromatic heterocycles. The molecule has 0 radical (unpaired) electrons. The van der Waals surface area contributed by atoms with Gasteiger partial charge in [0.15, 0.2) is 5.78 Å².